The van der Waals surface area contributed by atoms with Crippen LogP contribution in [-0.4, -0.2) is 69.0 Å². The van der Waals surface area contributed by atoms with Gasteiger partial charge in [0.2, 0.25) is 11.8 Å². The molecule has 2 saturated heterocycles. The summed E-state index contributed by atoms with van der Waals surface area (Å²) < 4.78 is -1.71. The number of aliphatic hydroxyl groups excluding tert-OH is 1. The van der Waals surface area contributed by atoms with Gasteiger partial charge >= 0.3 is 0 Å². The maximum absolute atomic E-state index is 14.6. The van der Waals surface area contributed by atoms with Crippen LogP contribution in [0, 0.1) is 18.8 Å². The summed E-state index contributed by atoms with van der Waals surface area (Å²) >= 11 is 8.14. The Bertz CT molecular complexity index is 1430. The number of nitrogens with zero attached hydrogens (tertiary/aromatic N) is 3. The lowest BCUT2D eigenvalue weighted by molar-refractivity contribution is -0.141. The molecular weight excluding hydrogens is 546 g/mol. The number of carbonyl (C=O) groups is 3. The Morgan fingerprint density at radius 1 is 0.950 bits per heavy atom. The maximum Gasteiger partial charge on any atom is 0.251 e. The van der Waals surface area contributed by atoms with Crippen LogP contribution in [-0.2, 0) is 14.4 Å². The molecule has 9 heteroatoms. The van der Waals surface area contributed by atoms with Crippen LogP contribution in [0.2, 0.25) is 5.02 Å². The van der Waals surface area contributed by atoms with Gasteiger partial charge in [0.1, 0.15) is 6.04 Å². The predicted octanol–water partition coefficient (Wildman–Crippen LogP) is 4.22. The summed E-state index contributed by atoms with van der Waals surface area (Å²) in [6.07, 6.45) is 7.94. The van der Waals surface area contributed by atoms with Crippen molar-refractivity contribution in [3.05, 3.63) is 83.4 Å². The van der Waals surface area contributed by atoms with Gasteiger partial charge in [-0.15, -0.1) is 11.8 Å². The zero-order chi connectivity index (χ0) is 28.4. The van der Waals surface area contributed by atoms with Crippen molar-refractivity contribution in [2.45, 2.75) is 42.3 Å². The highest BCUT2D eigenvalue weighted by Crippen LogP contribution is 2.66. The molecule has 1 unspecified atom stereocenters. The number of carbonyl (C=O) groups excluding carboxylic acids is 3. The zero-order valence-electron chi connectivity index (χ0n) is 22.7. The van der Waals surface area contributed by atoms with E-state index in [1.807, 2.05) is 80.6 Å². The van der Waals surface area contributed by atoms with Gasteiger partial charge < -0.3 is 19.8 Å². The van der Waals surface area contributed by atoms with Crippen molar-refractivity contribution in [3.63, 3.8) is 0 Å². The zero-order valence-corrected chi connectivity index (χ0v) is 24.2. The summed E-state index contributed by atoms with van der Waals surface area (Å²) in [7, 11) is 0. The van der Waals surface area contributed by atoms with E-state index in [0.29, 0.717) is 17.3 Å². The van der Waals surface area contributed by atoms with E-state index in [4.69, 9.17) is 11.6 Å². The van der Waals surface area contributed by atoms with Crippen LogP contribution in [0.4, 0.5) is 11.4 Å². The van der Waals surface area contributed by atoms with Crippen LogP contribution in [0.5, 0.6) is 0 Å². The predicted molar refractivity (Wildman–Crippen MR) is 159 cm³/mol. The van der Waals surface area contributed by atoms with Gasteiger partial charge in [0.05, 0.1) is 39.9 Å². The molecule has 7 nitrogen and oxygen atoms in total. The molecule has 6 rings (SSSR count). The van der Waals surface area contributed by atoms with Gasteiger partial charge in [-0.3, -0.25) is 14.4 Å². The molecule has 1 spiro atoms. The van der Waals surface area contributed by atoms with Crippen molar-refractivity contribution in [2.75, 3.05) is 29.5 Å². The molecule has 208 valence electrons. The standard InChI is InChI=1S/C31H32ClN3O4S/c1-19-10-7-13-22(32)25(19)34-17-9-15-31-24(28(38)35(20(2)18-36)26(31)29(34)39)23-27(37)33(21-11-5-4-6-12-21)16-8-14-30(23,3)40-31/h4-15,20,23-24,26,36H,16-18H2,1-3H3/t20-,23+,24+,26?,30-,31+/m1/s1. The van der Waals surface area contributed by atoms with Crippen molar-refractivity contribution in [3.8, 4) is 0 Å². The summed E-state index contributed by atoms with van der Waals surface area (Å²) in [6.45, 7) is 6.03. The highest BCUT2D eigenvalue weighted by molar-refractivity contribution is 8.02. The summed E-state index contributed by atoms with van der Waals surface area (Å²) in [6, 6.07) is 13.4. The molecule has 0 radical (unpaired) electrons. The second kappa shape index (κ2) is 9.79. The average Bonchev–Trinajstić information content (AvgIpc) is 3.21. The van der Waals surface area contributed by atoms with Crippen LogP contribution in [0.25, 0.3) is 0 Å². The Morgan fingerprint density at radius 2 is 1.65 bits per heavy atom. The van der Waals surface area contributed by atoms with E-state index in [1.54, 1.807) is 22.8 Å². The molecular formula is C31H32ClN3O4S. The van der Waals surface area contributed by atoms with Gasteiger partial charge in [-0.25, -0.2) is 0 Å². The van der Waals surface area contributed by atoms with Crippen LogP contribution in [0.3, 0.4) is 0 Å². The van der Waals surface area contributed by atoms with Crippen molar-refractivity contribution in [1.29, 1.82) is 0 Å². The molecule has 1 N–H and O–H groups in total. The summed E-state index contributed by atoms with van der Waals surface area (Å²) in [5, 5.41) is 10.7. The number of thioether (sulfide) groups is 1. The van der Waals surface area contributed by atoms with Crippen molar-refractivity contribution in [2.24, 2.45) is 11.8 Å². The highest BCUT2D eigenvalue weighted by atomic mass is 35.5. The van der Waals surface area contributed by atoms with Crippen LogP contribution in [0.1, 0.15) is 19.4 Å². The van der Waals surface area contributed by atoms with Crippen LogP contribution in [0.15, 0.2) is 72.8 Å². The third-order valence-electron chi connectivity index (χ3n) is 8.76. The molecule has 3 amide bonds. The number of likely N-dealkylation sites (tertiary alicyclic amines) is 1. The molecule has 2 aromatic carbocycles. The van der Waals surface area contributed by atoms with Crippen molar-refractivity contribution >= 4 is 52.5 Å². The first kappa shape index (κ1) is 27.1. The van der Waals surface area contributed by atoms with E-state index >= 15 is 0 Å². The molecule has 0 aliphatic carbocycles. The molecule has 0 saturated carbocycles. The number of aliphatic hydroxyl groups is 1. The molecule has 0 aromatic heterocycles. The Labute approximate surface area is 243 Å². The third kappa shape index (κ3) is 3.80. The Kier molecular flexibility index (Phi) is 6.63. The van der Waals surface area contributed by atoms with Gasteiger partial charge in [0.25, 0.3) is 5.91 Å². The minimum Gasteiger partial charge on any atom is -0.394 e. The van der Waals surface area contributed by atoms with E-state index in [2.05, 4.69) is 0 Å². The third-order valence-corrected chi connectivity index (χ3v) is 10.9. The Hall–Kier alpha value is -3.07. The van der Waals surface area contributed by atoms with E-state index in [0.717, 1.165) is 11.3 Å². The van der Waals surface area contributed by atoms with Gasteiger partial charge in [-0.1, -0.05) is 66.2 Å². The lowest BCUT2D eigenvalue weighted by atomic mass is 9.74. The largest absolute Gasteiger partial charge is 0.394 e. The normalized spacial score (nSPS) is 32.1. The lowest BCUT2D eigenvalue weighted by Gasteiger charge is -2.39. The molecule has 4 aliphatic heterocycles. The number of rotatable bonds is 4. The fourth-order valence-electron chi connectivity index (χ4n) is 7.03. The van der Waals surface area contributed by atoms with Gasteiger partial charge in [-0.2, -0.15) is 0 Å². The minimum absolute atomic E-state index is 0.137. The van der Waals surface area contributed by atoms with E-state index in [-0.39, 0.29) is 30.9 Å². The maximum atomic E-state index is 14.6. The number of hydrogen-bond donors (Lipinski definition) is 1. The lowest BCUT2D eigenvalue weighted by Crippen LogP contribution is -2.56. The van der Waals surface area contributed by atoms with E-state index in [1.165, 1.54) is 16.7 Å². The van der Waals surface area contributed by atoms with Crippen molar-refractivity contribution in [1.82, 2.24) is 4.90 Å². The first-order chi connectivity index (χ1) is 19.1. The quantitative estimate of drug-likeness (QED) is 0.550. The topological polar surface area (TPSA) is 81.2 Å². The van der Waals surface area contributed by atoms with Crippen molar-refractivity contribution < 1.29 is 19.5 Å². The molecule has 4 heterocycles. The number of halogens is 1. The number of fused-ring (bicyclic) bond motifs is 2. The monoisotopic (exact) mass is 577 g/mol. The van der Waals surface area contributed by atoms with Gasteiger partial charge in [0, 0.05) is 23.5 Å². The SMILES string of the molecule is Cc1cccc(Cl)c1N1CC=C[C@]23S[C@]4(C)C=CCN(c5ccccc5)C(=O)[C@@H]4[C@H]2C(=O)N([C@H](C)CO)C3C1=O. The molecule has 4 aliphatic rings. The van der Waals surface area contributed by atoms with Gasteiger partial charge in [-0.05, 0) is 44.5 Å². The van der Waals surface area contributed by atoms with E-state index < -0.39 is 33.4 Å². The Morgan fingerprint density at radius 3 is 2.35 bits per heavy atom. The summed E-state index contributed by atoms with van der Waals surface area (Å²) in [5.41, 5.74) is 2.22. The van der Waals surface area contributed by atoms with Crippen LogP contribution < -0.4 is 9.80 Å². The molecule has 0 bridgehead atoms. The second-order valence-electron chi connectivity index (χ2n) is 11.2. The second-order valence-corrected chi connectivity index (χ2v) is 13.4. The Balaban J connectivity index is 1.51. The molecule has 40 heavy (non-hydrogen) atoms. The molecule has 6 atom stereocenters. The first-order valence-corrected chi connectivity index (χ1v) is 14.8. The average molecular weight is 578 g/mol. The van der Waals surface area contributed by atoms with Gasteiger partial charge in [0.15, 0.2) is 0 Å². The number of para-hydroxylation sites is 2. The number of hydrogen-bond acceptors (Lipinski definition) is 5. The molecule has 2 fully saturated rings. The smallest absolute Gasteiger partial charge is 0.251 e. The fraction of sp³-hybridized carbons (Fsp3) is 0.387. The number of amides is 3. The molecule has 2 aromatic rings. The number of aryl methyl sites for hydroxylation is 1. The highest BCUT2D eigenvalue weighted by Gasteiger charge is 2.74. The van der Waals surface area contributed by atoms with Crippen LogP contribution >= 0.6 is 23.4 Å². The number of anilines is 2. The summed E-state index contributed by atoms with van der Waals surface area (Å²) in [5.74, 6) is -2.16. The fourth-order valence-corrected chi connectivity index (χ4v) is 9.50. The summed E-state index contributed by atoms with van der Waals surface area (Å²) in [4.78, 5) is 48.4. The number of benzene rings is 2. The van der Waals surface area contributed by atoms with E-state index in [9.17, 15) is 19.5 Å². The minimum atomic E-state index is -0.999. The first-order valence-electron chi connectivity index (χ1n) is 13.6.